The Hall–Kier alpha value is -1.78. The van der Waals surface area contributed by atoms with Crippen LogP contribution in [0.2, 0.25) is 0 Å². The number of anilines is 1. The average molecular weight is 223 g/mol. The third-order valence-corrected chi connectivity index (χ3v) is 2.04. The van der Waals surface area contributed by atoms with Crippen LogP contribution in [-0.2, 0) is 6.42 Å². The normalized spacial score (nSPS) is 9.88. The SMILES string of the molecule is C=CCN(C)C(=O)Nc1cc(CCC)on1. The number of likely N-dealkylation sites (N-methyl/N-ethyl adjacent to an activating group) is 1. The maximum Gasteiger partial charge on any atom is 0.323 e. The van der Waals surface area contributed by atoms with Gasteiger partial charge in [-0.05, 0) is 6.42 Å². The molecule has 0 saturated carbocycles. The van der Waals surface area contributed by atoms with Crippen LogP contribution in [0.5, 0.6) is 0 Å². The molecule has 0 fully saturated rings. The Bertz CT molecular complexity index is 360. The van der Waals surface area contributed by atoms with Gasteiger partial charge in [0.15, 0.2) is 5.82 Å². The van der Waals surface area contributed by atoms with Crippen LogP contribution in [0.3, 0.4) is 0 Å². The summed E-state index contributed by atoms with van der Waals surface area (Å²) in [5.74, 6) is 1.23. The van der Waals surface area contributed by atoms with Crippen LogP contribution < -0.4 is 5.32 Å². The number of hydrogen-bond donors (Lipinski definition) is 1. The summed E-state index contributed by atoms with van der Waals surface area (Å²) in [6, 6.07) is 1.51. The lowest BCUT2D eigenvalue weighted by molar-refractivity contribution is 0.226. The van der Waals surface area contributed by atoms with Gasteiger partial charge < -0.3 is 9.42 Å². The van der Waals surface area contributed by atoms with Crippen molar-refractivity contribution in [3.05, 3.63) is 24.5 Å². The van der Waals surface area contributed by atoms with Crippen molar-refractivity contribution in [2.75, 3.05) is 18.9 Å². The molecule has 0 radical (unpaired) electrons. The molecule has 0 aliphatic rings. The highest BCUT2D eigenvalue weighted by Gasteiger charge is 2.10. The Labute approximate surface area is 95.1 Å². The molecule has 0 aliphatic heterocycles. The fourth-order valence-corrected chi connectivity index (χ4v) is 1.22. The Morgan fingerprint density at radius 3 is 3.12 bits per heavy atom. The maximum absolute atomic E-state index is 11.6. The summed E-state index contributed by atoms with van der Waals surface area (Å²) in [7, 11) is 1.68. The third-order valence-electron chi connectivity index (χ3n) is 2.04. The molecule has 0 aromatic carbocycles. The number of hydrogen-bond acceptors (Lipinski definition) is 3. The minimum Gasteiger partial charge on any atom is -0.359 e. The van der Waals surface area contributed by atoms with Gasteiger partial charge in [-0.2, -0.15) is 0 Å². The number of carbonyl (C=O) groups excluding carboxylic acids is 1. The summed E-state index contributed by atoms with van der Waals surface area (Å²) in [5, 5.41) is 6.40. The molecule has 5 heteroatoms. The monoisotopic (exact) mass is 223 g/mol. The van der Waals surface area contributed by atoms with Crippen molar-refractivity contribution in [1.29, 1.82) is 0 Å². The molecule has 0 aliphatic carbocycles. The summed E-state index contributed by atoms with van der Waals surface area (Å²) in [4.78, 5) is 13.1. The fourth-order valence-electron chi connectivity index (χ4n) is 1.22. The van der Waals surface area contributed by atoms with Gasteiger partial charge in [0.1, 0.15) is 5.76 Å². The minimum atomic E-state index is -0.226. The van der Waals surface area contributed by atoms with Crippen molar-refractivity contribution in [2.24, 2.45) is 0 Å². The summed E-state index contributed by atoms with van der Waals surface area (Å²) < 4.78 is 5.04. The molecule has 1 aromatic rings. The van der Waals surface area contributed by atoms with Gasteiger partial charge in [-0.25, -0.2) is 4.79 Å². The van der Waals surface area contributed by atoms with Crippen LogP contribution in [0.1, 0.15) is 19.1 Å². The van der Waals surface area contributed by atoms with Crippen molar-refractivity contribution in [3.8, 4) is 0 Å². The van der Waals surface area contributed by atoms with Gasteiger partial charge in [-0.1, -0.05) is 18.2 Å². The largest absolute Gasteiger partial charge is 0.359 e. The van der Waals surface area contributed by atoms with Crippen molar-refractivity contribution in [1.82, 2.24) is 10.1 Å². The van der Waals surface area contributed by atoms with Gasteiger partial charge in [0.25, 0.3) is 0 Å². The lowest BCUT2D eigenvalue weighted by Crippen LogP contribution is -2.31. The van der Waals surface area contributed by atoms with Gasteiger partial charge in [0.2, 0.25) is 0 Å². The second kappa shape index (κ2) is 5.95. The van der Waals surface area contributed by atoms with E-state index in [1.807, 2.05) is 0 Å². The average Bonchev–Trinajstić information content (AvgIpc) is 2.66. The molecule has 0 atom stereocenters. The van der Waals surface area contributed by atoms with E-state index in [1.54, 1.807) is 19.2 Å². The van der Waals surface area contributed by atoms with E-state index in [1.165, 1.54) is 4.90 Å². The highest BCUT2D eigenvalue weighted by atomic mass is 16.5. The Morgan fingerprint density at radius 1 is 1.75 bits per heavy atom. The van der Waals surface area contributed by atoms with E-state index >= 15 is 0 Å². The quantitative estimate of drug-likeness (QED) is 0.779. The molecule has 1 aromatic heterocycles. The molecule has 1 heterocycles. The molecule has 0 spiro atoms. The number of carbonyl (C=O) groups is 1. The van der Waals surface area contributed by atoms with E-state index in [4.69, 9.17) is 4.52 Å². The topological polar surface area (TPSA) is 58.4 Å². The van der Waals surface area contributed by atoms with Gasteiger partial charge in [0, 0.05) is 26.1 Å². The third kappa shape index (κ3) is 3.42. The molecule has 0 bridgehead atoms. The number of rotatable bonds is 5. The molecular weight excluding hydrogens is 206 g/mol. The van der Waals surface area contributed by atoms with E-state index in [0.717, 1.165) is 18.6 Å². The predicted molar refractivity (Wildman–Crippen MR) is 62.3 cm³/mol. The fraction of sp³-hybridized carbons (Fsp3) is 0.455. The first-order valence-electron chi connectivity index (χ1n) is 5.26. The molecule has 16 heavy (non-hydrogen) atoms. The first-order valence-corrected chi connectivity index (χ1v) is 5.26. The number of aromatic nitrogens is 1. The number of urea groups is 1. The van der Waals surface area contributed by atoms with E-state index < -0.39 is 0 Å². The molecule has 5 nitrogen and oxygen atoms in total. The van der Waals surface area contributed by atoms with E-state index in [2.05, 4.69) is 24.0 Å². The molecule has 0 saturated heterocycles. The highest BCUT2D eigenvalue weighted by Crippen LogP contribution is 2.10. The number of amides is 2. The van der Waals surface area contributed by atoms with Crippen LogP contribution in [0.4, 0.5) is 10.6 Å². The number of aryl methyl sites for hydroxylation is 1. The first-order chi connectivity index (χ1) is 7.67. The predicted octanol–water partition coefficient (Wildman–Crippen LogP) is 2.28. The van der Waals surface area contributed by atoms with Gasteiger partial charge in [0.05, 0.1) is 0 Å². The lowest BCUT2D eigenvalue weighted by Gasteiger charge is -2.13. The Morgan fingerprint density at radius 2 is 2.50 bits per heavy atom. The molecular formula is C11H17N3O2. The summed E-state index contributed by atoms with van der Waals surface area (Å²) in [6.45, 7) is 6.11. The van der Waals surface area contributed by atoms with Crippen molar-refractivity contribution >= 4 is 11.8 Å². The van der Waals surface area contributed by atoms with Crippen molar-refractivity contribution < 1.29 is 9.32 Å². The zero-order valence-corrected chi connectivity index (χ0v) is 9.69. The van der Waals surface area contributed by atoms with E-state index in [0.29, 0.717) is 12.4 Å². The zero-order chi connectivity index (χ0) is 12.0. The highest BCUT2D eigenvalue weighted by molar-refractivity contribution is 5.88. The van der Waals surface area contributed by atoms with Crippen LogP contribution in [0.15, 0.2) is 23.2 Å². The molecule has 1 N–H and O–H groups in total. The van der Waals surface area contributed by atoms with E-state index in [9.17, 15) is 4.79 Å². The first kappa shape index (κ1) is 12.3. The van der Waals surface area contributed by atoms with Crippen molar-refractivity contribution in [2.45, 2.75) is 19.8 Å². The maximum atomic E-state index is 11.6. The molecule has 2 amide bonds. The second-order valence-corrected chi connectivity index (χ2v) is 3.53. The number of nitrogens with one attached hydrogen (secondary N) is 1. The van der Waals surface area contributed by atoms with Crippen LogP contribution >= 0.6 is 0 Å². The Kier molecular flexibility index (Phi) is 4.57. The van der Waals surface area contributed by atoms with E-state index in [-0.39, 0.29) is 6.03 Å². The Balaban J connectivity index is 2.52. The standard InChI is InChI=1S/C11H17N3O2/c1-4-6-9-8-10(13-16-9)12-11(15)14(3)7-5-2/h5,8H,2,4,6-7H2,1,3H3,(H,12,13,15). The summed E-state index contributed by atoms with van der Waals surface area (Å²) in [6.07, 6.45) is 3.47. The van der Waals surface area contributed by atoms with Gasteiger partial charge in [-0.15, -0.1) is 6.58 Å². The lowest BCUT2D eigenvalue weighted by atomic mass is 10.3. The minimum absolute atomic E-state index is 0.226. The van der Waals surface area contributed by atoms with Gasteiger partial charge in [-0.3, -0.25) is 5.32 Å². The van der Waals surface area contributed by atoms with Crippen LogP contribution in [0.25, 0.3) is 0 Å². The van der Waals surface area contributed by atoms with Crippen molar-refractivity contribution in [3.63, 3.8) is 0 Å². The summed E-state index contributed by atoms with van der Waals surface area (Å²) >= 11 is 0. The van der Waals surface area contributed by atoms with Crippen LogP contribution in [-0.4, -0.2) is 29.7 Å². The second-order valence-electron chi connectivity index (χ2n) is 3.53. The summed E-state index contributed by atoms with van der Waals surface area (Å²) in [5.41, 5.74) is 0. The molecule has 0 unspecified atom stereocenters. The number of nitrogens with zero attached hydrogens (tertiary/aromatic N) is 2. The molecule has 88 valence electrons. The zero-order valence-electron chi connectivity index (χ0n) is 9.69. The smallest absolute Gasteiger partial charge is 0.323 e. The molecule has 1 rings (SSSR count). The van der Waals surface area contributed by atoms with Gasteiger partial charge >= 0.3 is 6.03 Å². The van der Waals surface area contributed by atoms with Crippen LogP contribution in [0, 0.1) is 0 Å².